The SMILES string of the molecule is COC(=O)c1nn(C)cc1C(N)=S. The number of carbonyl (C=O) groups is 1. The van der Waals surface area contributed by atoms with Crippen LogP contribution in [-0.4, -0.2) is 27.8 Å². The molecule has 0 bridgehead atoms. The third kappa shape index (κ3) is 1.83. The Morgan fingerprint density at radius 3 is 2.85 bits per heavy atom. The van der Waals surface area contributed by atoms with E-state index in [9.17, 15) is 4.79 Å². The lowest BCUT2D eigenvalue weighted by molar-refractivity contribution is 0.0593. The normalized spacial score (nSPS) is 9.69. The molecular formula is C7H9N3O2S. The summed E-state index contributed by atoms with van der Waals surface area (Å²) in [6, 6.07) is 0. The van der Waals surface area contributed by atoms with Crippen molar-refractivity contribution in [3.63, 3.8) is 0 Å². The summed E-state index contributed by atoms with van der Waals surface area (Å²) in [7, 11) is 2.95. The summed E-state index contributed by atoms with van der Waals surface area (Å²) in [6.07, 6.45) is 1.58. The molecular weight excluding hydrogens is 190 g/mol. The molecule has 0 radical (unpaired) electrons. The summed E-state index contributed by atoms with van der Waals surface area (Å²) in [5.74, 6) is -0.539. The number of hydrogen-bond donors (Lipinski definition) is 1. The second-order valence-corrected chi connectivity index (χ2v) is 2.86. The van der Waals surface area contributed by atoms with Crippen LogP contribution >= 0.6 is 12.2 Å². The lowest BCUT2D eigenvalue weighted by atomic mass is 10.2. The van der Waals surface area contributed by atoms with E-state index >= 15 is 0 Å². The number of aryl methyl sites for hydroxylation is 1. The highest BCUT2D eigenvalue weighted by molar-refractivity contribution is 7.80. The quantitative estimate of drug-likeness (QED) is 0.529. The molecule has 2 N–H and O–H groups in total. The molecule has 0 aromatic carbocycles. The van der Waals surface area contributed by atoms with Crippen LogP contribution in [0.5, 0.6) is 0 Å². The van der Waals surface area contributed by atoms with Crippen molar-refractivity contribution < 1.29 is 9.53 Å². The molecule has 1 heterocycles. The first-order chi connectivity index (χ1) is 6.06. The number of ether oxygens (including phenoxy) is 1. The molecule has 70 valence electrons. The molecule has 0 aliphatic rings. The van der Waals surface area contributed by atoms with E-state index in [4.69, 9.17) is 18.0 Å². The molecule has 5 nitrogen and oxygen atoms in total. The van der Waals surface area contributed by atoms with Gasteiger partial charge in [0.05, 0.1) is 12.7 Å². The van der Waals surface area contributed by atoms with Crippen LogP contribution in [0.2, 0.25) is 0 Å². The molecule has 0 spiro atoms. The Kier molecular flexibility index (Phi) is 2.62. The molecule has 1 aromatic rings. The second kappa shape index (κ2) is 3.53. The van der Waals surface area contributed by atoms with Gasteiger partial charge in [-0.1, -0.05) is 12.2 Å². The van der Waals surface area contributed by atoms with Crippen LogP contribution < -0.4 is 5.73 Å². The minimum Gasteiger partial charge on any atom is -0.464 e. The van der Waals surface area contributed by atoms with Gasteiger partial charge in [-0.3, -0.25) is 4.68 Å². The zero-order valence-corrected chi connectivity index (χ0v) is 8.09. The van der Waals surface area contributed by atoms with Gasteiger partial charge in [-0.25, -0.2) is 4.79 Å². The fourth-order valence-electron chi connectivity index (χ4n) is 0.916. The Morgan fingerprint density at radius 1 is 1.77 bits per heavy atom. The van der Waals surface area contributed by atoms with Gasteiger partial charge in [0.25, 0.3) is 0 Å². The van der Waals surface area contributed by atoms with Gasteiger partial charge < -0.3 is 10.5 Å². The maximum absolute atomic E-state index is 11.1. The van der Waals surface area contributed by atoms with E-state index < -0.39 is 5.97 Å². The predicted octanol–water partition coefficient (Wildman–Crippen LogP) is -0.159. The number of aromatic nitrogens is 2. The molecule has 0 atom stereocenters. The largest absolute Gasteiger partial charge is 0.464 e. The summed E-state index contributed by atoms with van der Waals surface area (Å²) in [6.45, 7) is 0. The lowest BCUT2D eigenvalue weighted by Crippen LogP contribution is -2.14. The first-order valence-corrected chi connectivity index (χ1v) is 3.89. The number of hydrogen-bond acceptors (Lipinski definition) is 4. The number of methoxy groups -OCH3 is 1. The standard InChI is InChI=1S/C7H9N3O2S/c1-10-3-4(6(8)13)5(9-10)7(11)12-2/h3H,1-2H3,(H2,8,13). The number of esters is 1. The summed E-state index contributed by atoms with van der Waals surface area (Å²) in [5.41, 5.74) is 5.98. The Hall–Kier alpha value is -1.43. The third-order valence-corrected chi connectivity index (χ3v) is 1.69. The molecule has 0 aliphatic heterocycles. The van der Waals surface area contributed by atoms with Gasteiger partial charge in [0.1, 0.15) is 4.99 Å². The van der Waals surface area contributed by atoms with Crippen LogP contribution in [0.4, 0.5) is 0 Å². The summed E-state index contributed by atoms with van der Waals surface area (Å²) in [4.78, 5) is 11.3. The molecule has 0 amide bonds. The molecule has 0 saturated heterocycles. The predicted molar refractivity (Wildman–Crippen MR) is 50.4 cm³/mol. The van der Waals surface area contributed by atoms with Gasteiger partial charge in [0, 0.05) is 13.2 Å². The zero-order valence-electron chi connectivity index (χ0n) is 7.27. The van der Waals surface area contributed by atoms with Crippen molar-refractivity contribution in [2.75, 3.05) is 7.11 Å². The van der Waals surface area contributed by atoms with E-state index in [0.717, 1.165) is 0 Å². The molecule has 0 unspecified atom stereocenters. The Bertz CT molecular complexity index is 359. The van der Waals surface area contributed by atoms with Crippen molar-refractivity contribution in [2.24, 2.45) is 12.8 Å². The average Bonchev–Trinajstić information content (AvgIpc) is 2.46. The van der Waals surface area contributed by atoms with Crippen molar-refractivity contribution in [1.82, 2.24) is 9.78 Å². The van der Waals surface area contributed by atoms with E-state index in [1.54, 1.807) is 13.2 Å². The van der Waals surface area contributed by atoms with Crippen LogP contribution in [0.3, 0.4) is 0 Å². The zero-order chi connectivity index (χ0) is 10.0. The highest BCUT2D eigenvalue weighted by Gasteiger charge is 2.17. The molecule has 1 aromatic heterocycles. The first-order valence-electron chi connectivity index (χ1n) is 3.48. The number of nitrogens with zero attached hydrogens (tertiary/aromatic N) is 2. The second-order valence-electron chi connectivity index (χ2n) is 2.42. The van der Waals surface area contributed by atoms with Crippen LogP contribution in [0.1, 0.15) is 16.1 Å². The van der Waals surface area contributed by atoms with Gasteiger partial charge in [-0.2, -0.15) is 5.10 Å². The fourth-order valence-corrected chi connectivity index (χ4v) is 1.07. The van der Waals surface area contributed by atoms with E-state index in [2.05, 4.69) is 9.84 Å². The topological polar surface area (TPSA) is 70.1 Å². The average molecular weight is 199 g/mol. The summed E-state index contributed by atoms with van der Waals surface area (Å²) >= 11 is 4.75. The van der Waals surface area contributed by atoms with E-state index in [-0.39, 0.29) is 10.7 Å². The van der Waals surface area contributed by atoms with Gasteiger partial charge in [0.2, 0.25) is 0 Å². The maximum atomic E-state index is 11.1. The van der Waals surface area contributed by atoms with Gasteiger partial charge >= 0.3 is 5.97 Å². The molecule has 6 heteroatoms. The van der Waals surface area contributed by atoms with Crippen molar-refractivity contribution in [2.45, 2.75) is 0 Å². The number of nitrogens with two attached hydrogens (primary N) is 1. The third-order valence-electron chi connectivity index (χ3n) is 1.47. The fraction of sp³-hybridized carbons (Fsp3) is 0.286. The van der Waals surface area contributed by atoms with E-state index in [0.29, 0.717) is 5.56 Å². The Morgan fingerprint density at radius 2 is 2.38 bits per heavy atom. The molecule has 0 fully saturated rings. The maximum Gasteiger partial charge on any atom is 0.359 e. The van der Waals surface area contributed by atoms with Crippen LogP contribution in [0.25, 0.3) is 0 Å². The van der Waals surface area contributed by atoms with Gasteiger partial charge in [-0.05, 0) is 0 Å². The van der Waals surface area contributed by atoms with Crippen LogP contribution in [0, 0.1) is 0 Å². The van der Waals surface area contributed by atoms with E-state index in [1.807, 2.05) is 0 Å². The minimum absolute atomic E-state index is 0.133. The van der Waals surface area contributed by atoms with E-state index in [1.165, 1.54) is 11.8 Å². The number of rotatable bonds is 2. The van der Waals surface area contributed by atoms with Crippen molar-refractivity contribution in [3.05, 3.63) is 17.5 Å². The van der Waals surface area contributed by atoms with Crippen molar-refractivity contribution >= 4 is 23.2 Å². The molecule has 0 aliphatic carbocycles. The van der Waals surface area contributed by atoms with Crippen molar-refractivity contribution in [1.29, 1.82) is 0 Å². The highest BCUT2D eigenvalue weighted by atomic mass is 32.1. The molecule has 1 rings (SSSR count). The minimum atomic E-state index is -0.539. The highest BCUT2D eigenvalue weighted by Crippen LogP contribution is 2.07. The lowest BCUT2D eigenvalue weighted by Gasteiger charge is -1.96. The monoisotopic (exact) mass is 199 g/mol. The number of carbonyl (C=O) groups excluding carboxylic acids is 1. The smallest absolute Gasteiger partial charge is 0.359 e. The van der Waals surface area contributed by atoms with Crippen LogP contribution in [-0.2, 0) is 11.8 Å². The Labute approximate surface area is 80.5 Å². The van der Waals surface area contributed by atoms with Gasteiger partial charge in [0.15, 0.2) is 5.69 Å². The van der Waals surface area contributed by atoms with Gasteiger partial charge in [-0.15, -0.1) is 0 Å². The number of thiocarbonyl (C=S) groups is 1. The molecule has 13 heavy (non-hydrogen) atoms. The first kappa shape index (κ1) is 9.66. The Balaban J connectivity index is 3.19. The van der Waals surface area contributed by atoms with Crippen molar-refractivity contribution in [3.8, 4) is 0 Å². The molecule has 0 saturated carbocycles. The summed E-state index contributed by atoms with van der Waals surface area (Å²) in [5, 5.41) is 3.88. The summed E-state index contributed by atoms with van der Waals surface area (Å²) < 4.78 is 5.97. The van der Waals surface area contributed by atoms with Crippen LogP contribution in [0.15, 0.2) is 6.20 Å².